The van der Waals surface area contributed by atoms with Crippen LogP contribution < -0.4 is 0 Å². The molecule has 2 aromatic rings. The van der Waals surface area contributed by atoms with Crippen LogP contribution in [-0.2, 0) is 25.5 Å². The molecule has 2 aliphatic rings. The van der Waals surface area contributed by atoms with Gasteiger partial charge in [0, 0.05) is 29.7 Å². The van der Waals surface area contributed by atoms with Gasteiger partial charge in [0.25, 0.3) is 0 Å². The molecule has 0 unspecified atom stereocenters. The summed E-state index contributed by atoms with van der Waals surface area (Å²) in [5, 5.41) is 0. The molecule has 2 aliphatic heterocycles. The molecule has 1 aromatic carbocycles. The average molecular weight is 661 g/mol. The summed E-state index contributed by atoms with van der Waals surface area (Å²) in [6, 6.07) is 9.44. The minimum absolute atomic E-state index is 0.0259. The highest BCUT2D eigenvalue weighted by molar-refractivity contribution is 6.84. The van der Waals surface area contributed by atoms with Gasteiger partial charge in [-0.25, -0.2) is 0 Å². The maximum Gasteiger partial charge on any atom is 0.738 e. The van der Waals surface area contributed by atoms with Gasteiger partial charge in [0.15, 0.2) is 5.70 Å². The largest absolute Gasteiger partial charge is 0.738 e. The third kappa shape index (κ3) is 6.91. The molecule has 0 atom stereocenters. The van der Waals surface area contributed by atoms with Gasteiger partial charge in [-0.2, -0.15) is 0 Å². The number of allylic oxidation sites excluding steroid dienone is 2. The Morgan fingerprint density at radius 3 is 1.96 bits per heavy atom. The van der Waals surface area contributed by atoms with Crippen LogP contribution in [0.1, 0.15) is 54.3 Å². The molecule has 0 fully saturated rings. The Bertz CT molecular complexity index is 1820. The van der Waals surface area contributed by atoms with Crippen molar-refractivity contribution in [2.24, 2.45) is 0 Å². The van der Waals surface area contributed by atoms with Crippen molar-refractivity contribution in [3.05, 3.63) is 75.3 Å². The summed E-state index contributed by atoms with van der Waals surface area (Å²) in [5.74, 6) is 5.52. The first-order valence-electron chi connectivity index (χ1n) is 15.6. The Hall–Kier alpha value is -3.93. The molecule has 0 N–H and O–H groups in total. The third-order valence-corrected chi connectivity index (χ3v) is 9.78. The fourth-order valence-corrected chi connectivity index (χ4v) is 6.84. The fraction of sp³-hybridized carbons (Fsp3) is 0.400. The Morgan fingerprint density at radius 2 is 1.41 bits per heavy atom. The summed E-state index contributed by atoms with van der Waals surface area (Å²) in [5.41, 5.74) is 11.6. The van der Waals surface area contributed by atoms with E-state index in [0.717, 1.165) is 14.5 Å². The molecule has 0 aliphatic carbocycles. The van der Waals surface area contributed by atoms with Crippen molar-refractivity contribution >= 4 is 46.3 Å². The summed E-state index contributed by atoms with van der Waals surface area (Å²) in [6.45, 7) is 11.5. The number of benzene rings is 1. The lowest BCUT2D eigenvalue weighted by Gasteiger charge is -2.34. The molecule has 0 saturated heterocycles. The lowest BCUT2D eigenvalue weighted by molar-refractivity contribution is -0.362. The van der Waals surface area contributed by atoms with Crippen LogP contribution in [0.25, 0.3) is 5.57 Å². The van der Waals surface area contributed by atoms with Crippen LogP contribution in [0.5, 0.6) is 0 Å². The molecule has 11 heteroatoms. The number of hydrogen-bond donors (Lipinski definition) is 0. The van der Waals surface area contributed by atoms with Gasteiger partial charge < -0.3 is 27.1 Å². The van der Waals surface area contributed by atoms with E-state index in [9.17, 15) is 9.59 Å². The van der Waals surface area contributed by atoms with Gasteiger partial charge in [0.05, 0.1) is 25.5 Å². The van der Waals surface area contributed by atoms with Crippen LogP contribution in [0.3, 0.4) is 0 Å². The van der Waals surface area contributed by atoms with E-state index in [1.807, 2.05) is 44.2 Å². The molecule has 4 rings (SSSR count). The number of fused-ring (bicyclic) bond motifs is 2. The molecule has 0 amide bonds. The number of carbonyl (C=O) groups is 2. The minimum Gasteiger partial charge on any atom is -0.469 e. The Labute approximate surface area is 273 Å². The summed E-state index contributed by atoms with van der Waals surface area (Å²) < 4.78 is 47.4. The van der Waals surface area contributed by atoms with E-state index in [0.29, 0.717) is 39.2 Å². The number of hydrogen-bond acceptors (Lipinski definition) is 4. The zero-order valence-corrected chi connectivity index (χ0v) is 30.6. The van der Waals surface area contributed by atoms with Crippen molar-refractivity contribution < 1.29 is 32.2 Å². The molecule has 0 radical (unpaired) electrons. The Morgan fingerprint density at radius 1 is 0.870 bits per heavy atom. The van der Waals surface area contributed by atoms with Crippen LogP contribution >= 0.6 is 0 Å². The fourth-order valence-electron chi connectivity index (χ4n) is 5.86. The number of aromatic nitrogens is 1. The van der Waals surface area contributed by atoms with Crippen LogP contribution in [0, 0.1) is 29.9 Å². The van der Waals surface area contributed by atoms with Gasteiger partial charge in [-0.1, -0.05) is 75.5 Å². The zero-order valence-electron chi connectivity index (χ0n) is 28.6. The molecular weight excluding hydrogens is 617 g/mol. The maximum absolute atomic E-state index is 17.6. The lowest BCUT2D eigenvalue weighted by Crippen LogP contribution is -2.52. The van der Waals surface area contributed by atoms with Gasteiger partial charge in [0.1, 0.15) is 16.1 Å². The number of rotatable bonds is 7. The van der Waals surface area contributed by atoms with E-state index in [1.165, 1.54) is 14.2 Å². The van der Waals surface area contributed by atoms with E-state index in [2.05, 4.69) is 62.2 Å². The molecule has 0 bridgehead atoms. The van der Waals surface area contributed by atoms with Crippen LogP contribution in [0.2, 0.25) is 39.3 Å². The molecule has 0 saturated carbocycles. The average Bonchev–Trinajstić information content (AvgIpc) is 3.43. The standard InChI is InChI=1S/C35H43BF2N2O4Si2/c1-24-27(16-18-31(41)43-3)34-33(26-14-12-11-13-15-26)35-28(17-19-32(42)44-4)25(2)30(21-23-46(8,9)10)40(35)36(37,38)39(34)29(24)20-22-45(5,6)7/h11-15H,16-19H2,1-10H3. The maximum atomic E-state index is 17.6. The number of halogens is 2. The minimum atomic E-state index is -4.52. The Balaban J connectivity index is 2.25. The highest BCUT2D eigenvalue weighted by atomic mass is 28.3. The van der Waals surface area contributed by atoms with E-state index < -0.39 is 35.1 Å². The number of methoxy groups -OCH3 is 2. The van der Waals surface area contributed by atoms with Crippen LogP contribution in [0.4, 0.5) is 8.63 Å². The second-order valence-electron chi connectivity index (χ2n) is 13.8. The van der Waals surface area contributed by atoms with E-state index in [-0.39, 0.29) is 37.1 Å². The summed E-state index contributed by atoms with van der Waals surface area (Å²) >= 11 is 0. The summed E-state index contributed by atoms with van der Waals surface area (Å²) in [7, 11) is -1.31. The van der Waals surface area contributed by atoms with E-state index in [4.69, 9.17) is 9.47 Å². The molecule has 242 valence electrons. The number of carbonyl (C=O) groups excluding carboxylic acids is 2. The first-order chi connectivity index (χ1) is 21.4. The molecule has 0 spiro atoms. The quantitative estimate of drug-likeness (QED) is 0.188. The highest BCUT2D eigenvalue weighted by Crippen LogP contribution is 2.48. The van der Waals surface area contributed by atoms with E-state index >= 15 is 8.63 Å². The predicted octanol–water partition coefficient (Wildman–Crippen LogP) is 6.74. The lowest BCUT2D eigenvalue weighted by atomic mass is 9.82. The first kappa shape index (κ1) is 34.9. The monoisotopic (exact) mass is 660 g/mol. The van der Waals surface area contributed by atoms with Crippen molar-refractivity contribution in [3.8, 4) is 22.9 Å². The molecule has 46 heavy (non-hydrogen) atoms. The van der Waals surface area contributed by atoms with Gasteiger partial charge in [0.2, 0.25) is 5.71 Å². The van der Waals surface area contributed by atoms with Crippen molar-refractivity contribution in [2.75, 3.05) is 14.2 Å². The summed E-state index contributed by atoms with van der Waals surface area (Å²) in [4.78, 5) is 24.8. The number of ether oxygens (including phenoxy) is 2. The topological polar surface area (TPSA) is 60.5 Å². The van der Waals surface area contributed by atoms with E-state index in [1.54, 1.807) is 0 Å². The van der Waals surface area contributed by atoms with Crippen LogP contribution in [-0.4, -0.2) is 64.0 Å². The normalized spacial score (nSPS) is 15.5. The number of esters is 2. The van der Waals surface area contributed by atoms with Crippen molar-refractivity contribution in [1.82, 2.24) is 4.48 Å². The molecule has 1 aromatic heterocycles. The van der Waals surface area contributed by atoms with Crippen molar-refractivity contribution in [1.29, 1.82) is 0 Å². The Kier molecular flexibility index (Phi) is 9.91. The second kappa shape index (κ2) is 13.1. The molecule has 3 heterocycles. The second-order valence-corrected chi connectivity index (χ2v) is 23.3. The van der Waals surface area contributed by atoms with Crippen molar-refractivity contribution in [3.63, 3.8) is 0 Å². The first-order valence-corrected chi connectivity index (χ1v) is 22.6. The highest BCUT2D eigenvalue weighted by Gasteiger charge is 2.58. The molecular formula is C35H43BF2N2O4Si2. The molecule has 6 nitrogen and oxygen atoms in total. The number of nitrogens with zero attached hydrogens (tertiary/aromatic N) is 2. The smallest absolute Gasteiger partial charge is 0.469 e. The van der Waals surface area contributed by atoms with Crippen molar-refractivity contribution in [2.45, 2.75) is 78.8 Å². The SMILES string of the molecule is COC(=O)CCC1=C(C)C(C#C[Si](C)(C)C)=[N+]2C1=C(c1ccccc1)c1c(CCC(=O)OC)c(C)c(C#C[Si](C)(C)C)n1[B-]2(F)F. The van der Waals surface area contributed by atoms with Gasteiger partial charge in [-0.15, -0.1) is 11.1 Å². The zero-order chi connectivity index (χ0) is 34.2. The van der Waals surface area contributed by atoms with Crippen LogP contribution in [0.15, 0.2) is 47.2 Å². The van der Waals surface area contributed by atoms with Gasteiger partial charge in [-0.3, -0.25) is 9.59 Å². The third-order valence-electron chi connectivity index (χ3n) is 8.03. The predicted molar refractivity (Wildman–Crippen MR) is 186 cm³/mol. The summed E-state index contributed by atoms with van der Waals surface area (Å²) in [6.07, 6.45) is 0.449. The van der Waals surface area contributed by atoms with Gasteiger partial charge >= 0.3 is 18.9 Å². The van der Waals surface area contributed by atoms with Gasteiger partial charge in [-0.05, 0) is 49.3 Å².